The van der Waals surface area contributed by atoms with Gasteiger partial charge in [0.25, 0.3) is 0 Å². The fourth-order valence-corrected chi connectivity index (χ4v) is 1.53. The maximum absolute atomic E-state index is 11.3. The number of nitrogens with zero attached hydrogens (tertiary/aromatic N) is 2. The fourth-order valence-electron chi connectivity index (χ4n) is 1.53. The van der Waals surface area contributed by atoms with Gasteiger partial charge in [-0.1, -0.05) is 0 Å². The zero-order valence-electron chi connectivity index (χ0n) is 9.01. The van der Waals surface area contributed by atoms with Gasteiger partial charge in [0.1, 0.15) is 12.2 Å². The molecule has 84 valence electrons. The molecule has 5 heteroatoms. The number of fused-ring (bicyclic) bond motifs is 1. The molecule has 0 aromatic carbocycles. The van der Waals surface area contributed by atoms with E-state index in [0.29, 0.717) is 18.1 Å². The Hall–Kier alpha value is -2.04. The molecule has 5 nitrogen and oxygen atoms in total. The van der Waals surface area contributed by atoms with Crippen LogP contribution in [0.2, 0.25) is 0 Å². The maximum Gasteiger partial charge on any atom is 0.313 e. The monoisotopic (exact) mass is 219 g/mol. The molecule has 2 aromatic heterocycles. The maximum atomic E-state index is 11.3. The van der Waals surface area contributed by atoms with Crippen molar-refractivity contribution in [1.29, 1.82) is 0 Å². The number of imidazole rings is 1. The Kier molecular flexibility index (Phi) is 2.76. The molecule has 0 unspecified atom stereocenters. The van der Waals surface area contributed by atoms with Crippen LogP contribution >= 0.6 is 0 Å². The van der Waals surface area contributed by atoms with E-state index in [2.05, 4.69) is 4.98 Å². The van der Waals surface area contributed by atoms with E-state index in [9.17, 15) is 4.79 Å². The highest BCUT2D eigenvalue weighted by atomic mass is 16.5. The molecule has 2 heterocycles. The van der Waals surface area contributed by atoms with Crippen LogP contribution in [0, 0.1) is 0 Å². The van der Waals surface area contributed by atoms with E-state index in [-0.39, 0.29) is 12.4 Å². The SMILES string of the molecule is CCOC(=O)Cc1ncc2ccc(N)cn12. The summed E-state index contributed by atoms with van der Waals surface area (Å²) in [4.78, 5) is 15.5. The number of anilines is 1. The van der Waals surface area contributed by atoms with Crippen molar-refractivity contribution in [1.82, 2.24) is 9.38 Å². The van der Waals surface area contributed by atoms with E-state index in [1.54, 1.807) is 29.8 Å². The van der Waals surface area contributed by atoms with E-state index >= 15 is 0 Å². The molecule has 16 heavy (non-hydrogen) atoms. The highest BCUT2D eigenvalue weighted by Crippen LogP contribution is 2.11. The summed E-state index contributed by atoms with van der Waals surface area (Å²) in [5.74, 6) is 0.359. The van der Waals surface area contributed by atoms with Gasteiger partial charge < -0.3 is 14.9 Å². The Balaban J connectivity index is 2.30. The van der Waals surface area contributed by atoms with E-state index in [1.165, 1.54) is 0 Å². The molecule has 0 saturated heterocycles. The van der Waals surface area contributed by atoms with Crippen molar-refractivity contribution in [2.24, 2.45) is 0 Å². The van der Waals surface area contributed by atoms with Crippen molar-refractivity contribution in [3.05, 3.63) is 30.4 Å². The Morgan fingerprint density at radius 3 is 3.12 bits per heavy atom. The standard InChI is InChI=1S/C11H13N3O2/c1-2-16-11(15)5-10-13-6-9-4-3-8(12)7-14(9)10/h3-4,6-7H,2,5,12H2,1H3. The van der Waals surface area contributed by atoms with Crippen LogP contribution in [-0.4, -0.2) is 22.0 Å². The second-order valence-electron chi connectivity index (χ2n) is 3.41. The van der Waals surface area contributed by atoms with Gasteiger partial charge in [-0.05, 0) is 19.1 Å². The van der Waals surface area contributed by atoms with Crippen LogP contribution in [-0.2, 0) is 16.0 Å². The molecule has 0 saturated carbocycles. The zero-order valence-corrected chi connectivity index (χ0v) is 9.01. The summed E-state index contributed by atoms with van der Waals surface area (Å²) in [6, 6.07) is 3.65. The molecule has 0 spiro atoms. The van der Waals surface area contributed by atoms with Crippen LogP contribution in [0.25, 0.3) is 5.52 Å². The first kappa shape index (κ1) is 10.5. The Morgan fingerprint density at radius 1 is 1.56 bits per heavy atom. The molecule has 0 amide bonds. The van der Waals surface area contributed by atoms with Gasteiger partial charge in [-0.3, -0.25) is 4.79 Å². The summed E-state index contributed by atoms with van der Waals surface area (Å²) in [7, 11) is 0. The fraction of sp³-hybridized carbons (Fsp3) is 0.273. The largest absolute Gasteiger partial charge is 0.466 e. The summed E-state index contributed by atoms with van der Waals surface area (Å²) in [5.41, 5.74) is 7.22. The minimum atomic E-state index is -0.280. The van der Waals surface area contributed by atoms with Gasteiger partial charge in [-0.25, -0.2) is 4.98 Å². The summed E-state index contributed by atoms with van der Waals surface area (Å²) >= 11 is 0. The first-order chi connectivity index (χ1) is 7.70. The third kappa shape index (κ3) is 1.98. The second kappa shape index (κ2) is 4.22. The lowest BCUT2D eigenvalue weighted by atomic mass is 10.3. The van der Waals surface area contributed by atoms with Gasteiger partial charge in [0.05, 0.1) is 18.3 Å². The van der Waals surface area contributed by atoms with Crippen molar-refractivity contribution in [2.75, 3.05) is 12.3 Å². The van der Waals surface area contributed by atoms with Crippen molar-refractivity contribution >= 4 is 17.2 Å². The predicted molar refractivity (Wildman–Crippen MR) is 59.9 cm³/mol. The normalized spacial score (nSPS) is 10.6. The predicted octanol–water partition coefficient (Wildman–Crippen LogP) is 1.02. The molecule has 0 aliphatic rings. The van der Waals surface area contributed by atoms with Gasteiger partial charge in [0, 0.05) is 11.9 Å². The van der Waals surface area contributed by atoms with E-state index in [1.807, 2.05) is 6.07 Å². The first-order valence-electron chi connectivity index (χ1n) is 5.08. The molecule has 0 atom stereocenters. The highest BCUT2D eigenvalue weighted by molar-refractivity contribution is 5.72. The summed E-state index contributed by atoms with van der Waals surface area (Å²) in [6.07, 6.45) is 3.61. The molecule has 0 fully saturated rings. The summed E-state index contributed by atoms with van der Waals surface area (Å²) in [5, 5.41) is 0. The number of hydrogen-bond donors (Lipinski definition) is 1. The number of nitrogens with two attached hydrogens (primary N) is 1. The topological polar surface area (TPSA) is 69.6 Å². The van der Waals surface area contributed by atoms with Gasteiger partial charge in [0.2, 0.25) is 0 Å². The van der Waals surface area contributed by atoms with Crippen LogP contribution in [0.4, 0.5) is 5.69 Å². The Bertz CT molecular complexity index is 519. The summed E-state index contributed by atoms with van der Waals surface area (Å²) < 4.78 is 6.67. The number of carbonyl (C=O) groups excluding carboxylic acids is 1. The van der Waals surface area contributed by atoms with Crippen LogP contribution in [0.5, 0.6) is 0 Å². The molecular weight excluding hydrogens is 206 g/mol. The average molecular weight is 219 g/mol. The van der Waals surface area contributed by atoms with E-state index in [0.717, 1.165) is 5.52 Å². The number of pyridine rings is 1. The number of aromatic nitrogens is 2. The van der Waals surface area contributed by atoms with Crippen molar-refractivity contribution in [3.63, 3.8) is 0 Å². The number of hydrogen-bond acceptors (Lipinski definition) is 4. The number of ether oxygens (including phenoxy) is 1. The molecule has 2 aromatic rings. The molecule has 2 N–H and O–H groups in total. The zero-order chi connectivity index (χ0) is 11.5. The summed E-state index contributed by atoms with van der Waals surface area (Å²) in [6.45, 7) is 2.16. The van der Waals surface area contributed by atoms with E-state index in [4.69, 9.17) is 10.5 Å². The van der Waals surface area contributed by atoms with E-state index < -0.39 is 0 Å². The minimum absolute atomic E-state index is 0.158. The molecule has 0 bridgehead atoms. The smallest absolute Gasteiger partial charge is 0.313 e. The molecule has 0 radical (unpaired) electrons. The molecular formula is C11H13N3O2. The molecule has 0 aliphatic heterocycles. The Morgan fingerprint density at radius 2 is 2.38 bits per heavy atom. The second-order valence-corrected chi connectivity index (χ2v) is 3.41. The number of rotatable bonds is 3. The average Bonchev–Trinajstić information content (AvgIpc) is 2.61. The van der Waals surface area contributed by atoms with Gasteiger partial charge >= 0.3 is 5.97 Å². The number of nitrogen functional groups attached to an aromatic ring is 1. The van der Waals surface area contributed by atoms with Crippen molar-refractivity contribution < 1.29 is 9.53 Å². The van der Waals surface area contributed by atoms with Crippen LogP contribution in [0.15, 0.2) is 24.5 Å². The number of esters is 1. The van der Waals surface area contributed by atoms with Crippen LogP contribution in [0.1, 0.15) is 12.7 Å². The minimum Gasteiger partial charge on any atom is -0.466 e. The lowest BCUT2D eigenvalue weighted by molar-refractivity contribution is -0.142. The van der Waals surface area contributed by atoms with Crippen molar-refractivity contribution in [2.45, 2.75) is 13.3 Å². The van der Waals surface area contributed by atoms with Crippen LogP contribution < -0.4 is 5.73 Å². The van der Waals surface area contributed by atoms with Gasteiger partial charge in [0.15, 0.2) is 0 Å². The highest BCUT2D eigenvalue weighted by Gasteiger charge is 2.09. The quantitative estimate of drug-likeness (QED) is 0.782. The number of carbonyl (C=O) groups is 1. The molecule has 0 aliphatic carbocycles. The van der Waals surface area contributed by atoms with Gasteiger partial charge in [-0.15, -0.1) is 0 Å². The lowest BCUT2D eigenvalue weighted by Gasteiger charge is -2.02. The third-order valence-electron chi connectivity index (χ3n) is 2.23. The van der Waals surface area contributed by atoms with Gasteiger partial charge in [-0.2, -0.15) is 0 Å². The third-order valence-corrected chi connectivity index (χ3v) is 2.23. The first-order valence-corrected chi connectivity index (χ1v) is 5.08. The van der Waals surface area contributed by atoms with Crippen molar-refractivity contribution in [3.8, 4) is 0 Å². The molecule has 2 rings (SSSR count). The van der Waals surface area contributed by atoms with Crippen LogP contribution in [0.3, 0.4) is 0 Å². The lowest BCUT2D eigenvalue weighted by Crippen LogP contribution is -2.10. The Labute approximate surface area is 92.8 Å².